The van der Waals surface area contributed by atoms with Crippen LogP contribution in [0.5, 0.6) is 0 Å². The number of likely N-dealkylation sites (tertiary alicyclic amines) is 1. The van der Waals surface area contributed by atoms with Gasteiger partial charge in [0.2, 0.25) is 5.91 Å². The summed E-state index contributed by atoms with van der Waals surface area (Å²) in [4.78, 5) is 16.0. The van der Waals surface area contributed by atoms with E-state index in [1.165, 1.54) is 17.3 Å². The summed E-state index contributed by atoms with van der Waals surface area (Å²) in [6, 6.07) is 14.8. The number of hydrogen-bond acceptors (Lipinski definition) is 5. The monoisotopic (exact) mass is 398 g/mol. The SMILES string of the molecule is Cn1c(SCC(=O)N2CCCC2Cc2ccccc2)nnc1-c1cccs1. The van der Waals surface area contributed by atoms with Crippen molar-refractivity contribution in [3.63, 3.8) is 0 Å². The van der Waals surface area contributed by atoms with Crippen LogP contribution in [0.3, 0.4) is 0 Å². The fourth-order valence-corrected chi connectivity index (χ4v) is 5.07. The molecule has 7 heteroatoms. The second-order valence-corrected chi connectivity index (χ2v) is 8.59. The molecule has 0 bridgehead atoms. The van der Waals surface area contributed by atoms with Gasteiger partial charge in [-0.2, -0.15) is 0 Å². The van der Waals surface area contributed by atoms with E-state index < -0.39 is 0 Å². The van der Waals surface area contributed by atoms with Gasteiger partial charge in [-0.15, -0.1) is 21.5 Å². The molecule has 1 aliphatic rings. The normalized spacial score (nSPS) is 16.8. The van der Waals surface area contributed by atoms with E-state index in [-0.39, 0.29) is 5.91 Å². The lowest BCUT2D eigenvalue weighted by molar-refractivity contribution is -0.129. The number of benzene rings is 1. The third-order valence-electron chi connectivity index (χ3n) is 4.91. The van der Waals surface area contributed by atoms with E-state index in [2.05, 4.69) is 39.4 Å². The number of carbonyl (C=O) groups is 1. The molecule has 1 amide bonds. The highest BCUT2D eigenvalue weighted by molar-refractivity contribution is 7.99. The standard InChI is InChI=1S/C20H22N4OS2/c1-23-19(17-10-6-12-26-17)21-22-20(23)27-14-18(25)24-11-5-9-16(24)13-15-7-3-2-4-8-15/h2-4,6-8,10,12,16H,5,9,11,13-14H2,1H3. The fraction of sp³-hybridized carbons (Fsp3) is 0.350. The maximum atomic E-state index is 12.8. The maximum Gasteiger partial charge on any atom is 0.233 e. The number of thioether (sulfide) groups is 1. The van der Waals surface area contributed by atoms with Gasteiger partial charge in [-0.25, -0.2) is 0 Å². The molecule has 140 valence electrons. The Morgan fingerprint density at radius 1 is 1.22 bits per heavy atom. The first-order valence-corrected chi connectivity index (χ1v) is 11.0. The highest BCUT2D eigenvalue weighted by atomic mass is 32.2. The van der Waals surface area contributed by atoms with Crippen LogP contribution >= 0.6 is 23.1 Å². The maximum absolute atomic E-state index is 12.8. The van der Waals surface area contributed by atoms with Gasteiger partial charge in [-0.1, -0.05) is 48.2 Å². The molecule has 1 aromatic carbocycles. The lowest BCUT2D eigenvalue weighted by atomic mass is 10.0. The van der Waals surface area contributed by atoms with Gasteiger partial charge in [0.1, 0.15) is 0 Å². The van der Waals surface area contributed by atoms with Crippen LogP contribution in [0.25, 0.3) is 10.7 Å². The zero-order valence-electron chi connectivity index (χ0n) is 15.2. The van der Waals surface area contributed by atoms with Crippen molar-refractivity contribution in [2.24, 2.45) is 7.05 Å². The number of amides is 1. The first kappa shape index (κ1) is 18.3. The second kappa shape index (κ2) is 8.27. The molecule has 1 fully saturated rings. The minimum atomic E-state index is 0.194. The third-order valence-corrected chi connectivity index (χ3v) is 6.78. The minimum Gasteiger partial charge on any atom is -0.339 e. The van der Waals surface area contributed by atoms with Gasteiger partial charge in [-0.3, -0.25) is 4.79 Å². The van der Waals surface area contributed by atoms with Crippen LogP contribution in [-0.4, -0.2) is 43.9 Å². The fourth-order valence-electron chi connectivity index (χ4n) is 3.53. The second-order valence-electron chi connectivity index (χ2n) is 6.70. The molecule has 3 aromatic rings. The Kier molecular flexibility index (Phi) is 5.59. The van der Waals surface area contributed by atoms with Gasteiger partial charge in [0.05, 0.1) is 10.6 Å². The minimum absolute atomic E-state index is 0.194. The molecular weight excluding hydrogens is 376 g/mol. The van der Waals surface area contributed by atoms with Crippen molar-refractivity contribution in [3.05, 3.63) is 53.4 Å². The molecule has 0 radical (unpaired) electrons. The topological polar surface area (TPSA) is 51.0 Å². The zero-order valence-corrected chi connectivity index (χ0v) is 16.9. The summed E-state index contributed by atoms with van der Waals surface area (Å²) in [5.41, 5.74) is 1.30. The average molecular weight is 399 g/mol. The molecule has 2 aromatic heterocycles. The van der Waals surface area contributed by atoms with Crippen molar-refractivity contribution >= 4 is 29.0 Å². The van der Waals surface area contributed by atoms with Crippen molar-refractivity contribution in [2.75, 3.05) is 12.3 Å². The molecule has 1 unspecified atom stereocenters. The molecule has 1 saturated heterocycles. The van der Waals surface area contributed by atoms with E-state index in [0.717, 1.165) is 41.7 Å². The number of rotatable bonds is 6. The van der Waals surface area contributed by atoms with Gasteiger partial charge in [0.25, 0.3) is 0 Å². The Morgan fingerprint density at radius 2 is 2.07 bits per heavy atom. The Hall–Kier alpha value is -2.12. The van der Waals surface area contributed by atoms with Crippen LogP contribution in [-0.2, 0) is 18.3 Å². The summed E-state index contributed by atoms with van der Waals surface area (Å²) in [7, 11) is 1.95. The number of aromatic nitrogens is 3. The van der Waals surface area contributed by atoms with E-state index in [0.29, 0.717) is 11.8 Å². The van der Waals surface area contributed by atoms with E-state index in [1.54, 1.807) is 11.3 Å². The van der Waals surface area contributed by atoms with E-state index in [9.17, 15) is 4.79 Å². The summed E-state index contributed by atoms with van der Waals surface area (Å²) in [6.07, 6.45) is 3.10. The van der Waals surface area contributed by atoms with Crippen LogP contribution < -0.4 is 0 Å². The Labute approximate surface area is 167 Å². The lowest BCUT2D eigenvalue weighted by Gasteiger charge is -2.24. The van der Waals surface area contributed by atoms with Crippen LogP contribution in [0.4, 0.5) is 0 Å². The van der Waals surface area contributed by atoms with Crippen molar-refractivity contribution in [3.8, 4) is 10.7 Å². The van der Waals surface area contributed by atoms with Crippen LogP contribution in [0.15, 0.2) is 53.0 Å². The molecule has 4 rings (SSSR count). The van der Waals surface area contributed by atoms with E-state index in [1.807, 2.05) is 35.2 Å². The number of carbonyl (C=O) groups excluding carboxylic acids is 1. The summed E-state index contributed by atoms with van der Waals surface area (Å²) >= 11 is 3.11. The van der Waals surface area contributed by atoms with Gasteiger partial charge in [0, 0.05) is 19.6 Å². The lowest BCUT2D eigenvalue weighted by Crippen LogP contribution is -2.38. The summed E-state index contributed by atoms with van der Waals surface area (Å²) in [6.45, 7) is 0.857. The summed E-state index contributed by atoms with van der Waals surface area (Å²) < 4.78 is 1.97. The highest BCUT2D eigenvalue weighted by Crippen LogP contribution is 2.27. The van der Waals surface area contributed by atoms with Crippen molar-refractivity contribution in [2.45, 2.75) is 30.5 Å². The Morgan fingerprint density at radius 3 is 2.85 bits per heavy atom. The summed E-state index contributed by atoms with van der Waals surface area (Å²) in [5, 5.41) is 11.4. The van der Waals surface area contributed by atoms with Gasteiger partial charge in [-0.05, 0) is 36.3 Å². The van der Waals surface area contributed by atoms with E-state index in [4.69, 9.17) is 0 Å². The molecule has 0 saturated carbocycles. The first-order chi connectivity index (χ1) is 13.2. The smallest absolute Gasteiger partial charge is 0.233 e. The van der Waals surface area contributed by atoms with Crippen molar-refractivity contribution < 1.29 is 4.79 Å². The van der Waals surface area contributed by atoms with Crippen molar-refractivity contribution in [1.29, 1.82) is 0 Å². The molecule has 0 N–H and O–H groups in total. The van der Waals surface area contributed by atoms with Gasteiger partial charge < -0.3 is 9.47 Å². The molecule has 1 aliphatic heterocycles. The summed E-state index contributed by atoms with van der Waals surface area (Å²) in [5.74, 6) is 1.45. The molecule has 3 heterocycles. The molecule has 0 spiro atoms. The van der Waals surface area contributed by atoms with Crippen LogP contribution in [0.2, 0.25) is 0 Å². The Bertz CT molecular complexity index is 892. The van der Waals surface area contributed by atoms with Crippen LogP contribution in [0, 0.1) is 0 Å². The van der Waals surface area contributed by atoms with Crippen molar-refractivity contribution in [1.82, 2.24) is 19.7 Å². The molecule has 1 atom stereocenters. The van der Waals surface area contributed by atoms with Gasteiger partial charge in [0.15, 0.2) is 11.0 Å². The quantitative estimate of drug-likeness (QED) is 0.592. The largest absolute Gasteiger partial charge is 0.339 e. The number of hydrogen-bond donors (Lipinski definition) is 0. The molecular formula is C20H22N4OS2. The van der Waals surface area contributed by atoms with Crippen LogP contribution in [0.1, 0.15) is 18.4 Å². The number of nitrogens with zero attached hydrogens (tertiary/aromatic N) is 4. The zero-order chi connectivity index (χ0) is 18.6. The number of thiophene rings is 1. The predicted octanol–water partition coefficient (Wildman–Crippen LogP) is 3.87. The van der Waals surface area contributed by atoms with Gasteiger partial charge >= 0.3 is 0 Å². The highest BCUT2D eigenvalue weighted by Gasteiger charge is 2.29. The Balaban J connectivity index is 1.38. The molecule has 27 heavy (non-hydrogen) atoms. The predicted molar refractivity (Wildman–Crippen MR) is 110 cm³/mol. The molecule has 5 nitrogen and oxygen atoms in total. The average Bonchev–Trinajstić information content (AvgIpc) is 3.42. The van der Waals surface area contributed by atoms with E-state index >= 15 is 0 Å². The first-order valence-electron chi connectivity index (χ1n) is 9.12. The third kappa shape index (κ3) is 4.09. The molecule has 0 aliphatic carbocycles.